The summed E-state index contributed by atoms with van der Waals surface area (Å²) < 4.78 is 39.5. The molecule has 0 bridgehead atoms. The highest BCUT2D eigenvalue weighted by molar-refractivity contribution is 9.10. The van der Waals surface area contributed by atoms with Gasteiger partial charge in [0.05, 0.1) is 10.4 Å². The van der Waals surface area contributed by atoms with Gasteiger partial charge in [-0.25, -0.2) is 0 Å². The number of hydrogen-bond donors (Lipinski definition) is 1. The highest BCUT2D eigenvalue weighted by Crippen LogP contribution is 2.29. The van der Waals surface area contributed by atoms with E-state index in [4.69, 9.17) is 0 Å². The van der Waals surface area contributed by atoms with Crippen molar-refractivity contribution in [3.63, 3.8) is 0 Å². The summed E-state index contributed by atoms with van der Waals surface area (Å²) in [6.07, 6.45) is -4.84. The first-order chi connectivity index (χ1) is 7.70. The smallest absolute Gasteiger partial charge is 0.507 e. The molecule has 0 fully saturated rings. The number of phenols is 1. The van der Waals surface area contributed by atoms with Gasteiger partial charge in [-0.1, -0.05) is 15.9 Å². The molecule has 0 aromatic heterocycles. The molecule has 17 heavy (non-hydrogen) atoms. The molecule has 0 heterocycles. The van der Waals surface area contributed by atoms with Crippen LogP contribution in [0.25, 0.3) is 0 Å². The Balaban J connectivity index is 3.07. The highest BCUT2D eigenvalue weighted by Gasteiger charge is 2.31. The van der Waals surface area contributed by atoms with Crippen LogP contribution in [0.15, 0.2) is 18.2 Å². The van der Waals surface area contributed by atoms with Crippen LogP contribution in [-0.2, 0) is 0 Å². The fraction of sp³-hybridized carbons (Fsp3) is 0.300. The molecule has 1 aromatic carbocycles. The van der Waals surface area contributed by atoms with E-state index in [1.807, 2.05) is 0 Å². The summed E-state index contributed by atoms with van der Waals surface area (Å²) in [5.74, 6) is -1.47. The molecule has 1 aromatic rings. The second-order valence-electron chi connectivity index (χ2n) is 3.21. The van der Waals surface area contributed by atoms with Crippen LogP contribution in [0.1, 0.15) is 17.3 Å². The van der Waals surface area contributed by atoms with Crippen molar-refractivity contribution in [3.05, 3.63) is 23.8 Å². The number of phenolic OH excluding ortho intramolecular Hbond substituents is 1. The van der Waals surface area contributed by atoms with E-state index in [-0.39, 0.29) is 5.56 Å². The van der Waals surface area contributed by atoms with E-state index in [0.717, 1.165) is 18.2 Å². The van der Waals surface area contributed by atoms with Crippen molar-refractivity contribution in [2.75, 3.05) is 0 Å². The monoisotopic (exact) mass is 312 g/mol. The third kappa shape index (κ3) is 3.92. The molecule has 0 saturated carbocycles. The molecule has 0 aliphatic rings. The first-order valence-electron chi connectivity index (χ1n) is 4.48. The zero-order valence-corrected chi connectivity index (χ0v) is 10.2. The number of ether oxygens (including phenoxy) is 1. The Morgan fingerprint density at radius 1 is 1.47 bits per heavy atom. The van der Waals surface area contributed by atoms with E-state index in [2.05, 4.69) is 20.7 Å². The van der Waals surface area contributed by atoms with Gasteiger partial charge in [-0.2, -0.15) is 0 Å². The lowest BCUT2D eigenvalue weighted by Crippen LogP contribution is -2.18. The number of carbonyl (C=O) groups excluding carboxylic acids is 1. The summed E-state index contributed by atoms with van der Waals surface area (Å²) in [5.41, 5.74) is -0.226. The average Bonchev–Trinajstić information content (AvgIpc) is 2.17. The third-order valence-electron chi connectivity index (χ3n) is 1.83. The van der Waals surface area contributed by atoms with Gasteiger partial charge in [-0.3, -0.25) is 4.79 Å². The zero-order valence-electron chi connectivity index (χ0n) is 8.58. The van der Waals surface area contributed by atoms with Crippen LogP contribution in [0, 0.1) is 0 Å². The summed E-state index contributed by atoms with van der Waals surface area (Å²) in [6.45, 7) is 1.50. The fourth-order valence-corrected chi connectivity index (χ4v) is 1.37. The van der Waals surface area contributed by atoms with Crippen LogP contribution in [-0.4, -0.2) is 22.1 Å². The number of ketones is 1. The molecule has 1 rings (SSSR count). The molecule has 0 aliphatic heterocycles. The van der Waals surface area contributed by atoms with Crippen LogP contribution in [0.2, 0.25) is 0 Å². The van der Waals surface area contributed by atoms with Crippen molar-refractivity contribution in [2.24, 2.45) is 0 Å². The standard InChI is InChI=1S/C10H8BrF3O3/c1-5(11)9(16)7-4-6(2-3-8(7)15)17-10(12,13)14/h2-5,15H,1H3. The Kier molecular flexibility index (Phi) is 4.03. The van der Waals surface area contributed by atoms with E-state index < -0.39 is 28.5 Å². The second-order valence-corrected chi connectivity index (χ2v) is 4.58. The molecule has 0 radical (unpaired) electrons. The van der Waals surface area contributed by atoms with E-state index in [9.17, 15) is 23.1 Å². The maximum absolute atomic E-state index is 12.0. The number of halogens is 4. The summed E-state index contributed by atoms with van der Waals surface area (Å²) >= 11 is 2.97. The van der Waals surface area contributed by atoms with Gasteiger partial charge in [0.15, 0.2) is 5.78 Å². The molecule has 1 atom stereocenters. The number of alkyl halides is 4. The second kappa shape index (κ2) is 4.95. The molecule has 1 N–H and O–H groups in total. The van der Waals surface area contributed by atoms with Crippen LogP contribution < -0.4 is 4.74 Å². The molecule has 0 aliphatic carbocycles. The average molecular weight is 313 g/mol. The van der Waals surface area contributed by atoms with Crippen molar-refractivity contribution in [1.82, 2.24) is 0 Å². The number of carbonyl (C=O) groups is 1. The van der Waals surface area contributed by atoms with Crippen molar-refractivity contribution in [3.8, 4) is 11.5 Å². The lowest BCUT2D eigenvalue weighted by atomic mass is 10.1. The lowest BCUT2D eigenvalue weighted by Gasteiger charge is -2.11. The first-order valence-corrected chi connectivity index (χ1v) is 5.39. The Morgan fingerprint density at radius 3 is 2.53 bits per heavy atom. The number of benzene rings is 1. The van der Waals surface area contributed by atoms with Crippen LogP contribution in [0.4, 0.5) is 13.2 Å². The minimum Gasteiger partial charge on any atom is -0.507 e. The summed E-state index contributed by atoms with van der Waals surface area (Å²) in [6, 6.07) is 2.76. The predicted molar refractivity (Wildman–Crippen MR) is 57.5 cm³/mol. The van der Waals surface area contributed by atoms with Gasteiger partial charge in [-0.05, 0) is 25.1 Å². The molecule has 7 heteroatoms. The fourth-order valence-electron chi connectivity index (χ4n) is 1.12. The van der Waals surface area contributed by atoms with E-state index in [1.165, 1.54) is 6.92 Å². The normalized spacial score (nSPS) is 13.2. The Bertz CT molecular complexity index is 429. The number of aromatic hydroxyl groups is 1. The minimum absolute atomic E-state index is 0.226. The van der Waals surface area contributed by atoms with Gasteiger partial charge in [0.1, 0.15) is 11.5 Å². The molecular formula is C10H8BrF3O3. The molecule has 3 nitrogen and oxygen atoms in total. The number of Topliss-reactive ketones (excluding diaryl/α,β-unsaturated/α-hetero) is 1. The number of rotatable bonds is 3. The number of hydrogen-bond acceptors (Lipinski definition) is 3. The predicted octanol–water partition coefficient (Wildman–Crippen LogP) is 3.26. The van der Waals surface area contributed by atoms with Gasteiger partial charge in [0.25, 0.3) is 0 Å². The lowest BCUT2D eigenvalue weighted by molar-refractivity contribution is -0.274. The highest BCUT2D eigenvalue weighted by atomic mass is 79.9. The molecule has 1 unspecified atom stereocenters. The van der Waals surface area contributed by atoms with Gasteiger partial charge >= 0.3 is 6.36 Å². The molecule has 0 amide bonds. The minimum atomic E-state index is -4.84. The Hall–Kier alpha value is -1.24. The maximum atomic E-state index is 12.0. The van der Waals surface area contributed by atoms with Crippen LogP contribution >= 0.6 is 15.9 Å². The van der Waals surface area contributed by atoms with Crippen molar-refractivity contribution >= 4 is 21.7 Å². The van der Waals surface area contributed by atoms with Crippen molar-refractivity contribution < 1.29 is 27.8 Å². The van der Waals surface area contributed by atoms with E-state index >= 15 is 0 Å². The van der Waals surface area contributed by atoms with Gasteiger partial charge in [0.2, 0.25) is 0 Å². The summed E-state index contributed by atoms with van der Waals surface area (Å²) in [7, 11) is 0. The van der Waals surface area contributed by atoms with Crippen molar-refractivity contribution in [1.29, 1.82) is 0 Å². The molecule has 0 spiro atoms. The quantitative estimate of drug-likeness (QED) is 0.688. The van der Waals surface area contributed by atoms with Crippen LogP contribution in [0.3, 0.4) is 0 Å². The van der Waals surface area contributed by atoms with Gasteiger partial charge in [0, 0.05) is 0 Å². The van der Waals surface area contributed by atoms with Gasteiger partial charge < -0.3 is 9.84 Å². The maximum Gasteiger partial charge on any atom is 0.573 e. The van der Waals surface area contributed by atoms with Gasteiger partial charge in [-0.15, -0.1) is 13.2 Å². The molecule has 0 saturated heterocycles. The van der Waals surface area contributed by atoms with E-state index in [1.54, 1.807) is 0 Å². The van der Waals surface area contributed by atoms with E-state index in [0.29, 0.717) is 0 Å². The Labute approximate surface area is 103 Å². The first kappa shape index (κ1) is 13.8. The third-order valence-corrected chi connectivity index (χ3v) is 2.24. The summed E-state index contributed by atoms with van der Waals surface area (Å²) in [5, 5.41) is 9.37. The van der Waals surface area contributed by atoms with Crippen molar-refractivity contribution in [2.45, 2.75) is 18.1 Å². The summed E-state index contributed by atoms with van der Waals surface area (Å²) in [4.78, 5) is 10.9. The molecule has 94 valence electrons. The molecular weight excluding hydrogens is 305 g/mol. The zero-order chi connectivity index (χ0) is 13.2. The van der Waals surface area contributed by atoms with Crippen LogP contribution in [0.5, 0.6) is 11.5 Å². The topological polar surface area (TPSA) is 46.5 Å². The largest absolute Gasteiger partial charge is 0.573 e. The SMILES string of the molecule is CC(Br)C(=O)c1cc(OC(F)(F)F)ccc1O. The Morgan fingerprint density at radius 2 is 2.06 bits per heavy atom.